The molecular formula is C17H29N3. The fourth-order valence-electron chi connectivity index (χ4n) is 4.10. The molecular weight excluding hydrogens is 246 g/mol. The molecule has 0 radical (unpaired) electrons. The first-order valence-corrected chi connectivity index (χ1v) is 8.66. The highest BCUT2D eigenvalue weighted by Gasteiger charge is 2.35. The number of rotatable bonds is 4. The highest BCUT2D eigenvalue weighted by molar-refractivity contribution is 4.98. The van der Waals surface area contributed by atoms with Crippen molar-refractivity contribution in [3.05, 3.63) is 0 Å². The molecule has 3 unspecified atom stereocenters. The zero-order chi connectivity index (χ0) is 13.9. The molecule has 1 aliphatic heterocycles. The van der Waals surface area contributed by atoms with E-state index in [1.807, 2.05) is 0 Å². The highest BCUT2D eigenvalue weighted by Crippen LogP contribution is 2.35. The Morgan fingerprint density at radius 2 is 1.70 bits per heavy atom. The van der Waals surface area contributed by atoms with Crippen LogP contribution in [0.3, 0.4) is 0 Å². The van der Waals surface area contributed by atoms with Crippen molar-refractivity contribution in [3.8, 4) is 6.07 Å². The van der Waals surface area contributed by atoms with Gasteiger partial charge in [-0.1, -0.05) is 13.3 Å². The van der Waals surface area contributed by atoms with Crippen molar-refractivity contribution in [2.75, 3.05) is 32.7 Å². The van der Waals surface area contributed by atoms with Gasteiger partial charge < -0.3 is 4.90 Å². The van der Waals surface area contributed by atoms with E-state index in [-0.39, 0.29) is 5.92 Å². The van der Waals surface area contributed by atoms with Crippen LogP contribution in [0.4, 0.5) is 0 Å². The first-order chi connectivity index (χ1) is 9.80. The van der Waals surface area contributed by atoms with E-state index < -0.39 is 0 Å². The van der Waals surface area contributed by atoms with Crippen molar-refractivity contribution >= 4 is 0 Å². The summed E-state index contributed by atoms with van der Waals surface area (Å²) < 4.78 is 0. The number of hydrogen-bond donors (Lipinski definition) is 0. The molecule has 0 N–H and O–H groups in total. The third kappa shape index (κ3) is 3.35. The van der Waals surface area contributed by atoms with Crippen LogP contribution < -0.4 is 0 Å². The van der Waals surface area contributed by atoms with Gasteiger partial charge in [0.15, 0.2) is 0 Å². The van der Waals surface area contributed by atoms with Gasteiger partial charge in [-0.3, -0.25) is 4.90 Å². The molecule has 3 rings (SSSR count). The topological polar surface area (TPSA) is 30.3 Å². The van der Waals surface area contributed by atoms with Gasteiger partial charge in [-0.15, -0.1) is 0 Å². The van der Waals surface area contributed by atoms with E-state index in [0.717, 1.165) is 18.3 Å². The monoisotopic (exact) mass is 275 g/mol. The Bertz CT molecular complexity index is 350. The van der Waals surface area contributed by atoms with E-state index in [9.17, 15) is 5.26 Å². The predicted molar refractivity (Wildman–Crippen MR) is 81.3 cm³/mol. The van der Waals surface area contributed by atoms with Crippen LogP contribution in [0, 0.1) is 29.1 Å². The SMILES string of the molecule is CCC1CCC(C#N)C(N2CCN(CC3CC3)CC2)C1. The Kier molecular flexibility index (Phi) is 4.63. The van der Waals surface area contributed by atoms with E-state index in [0.29, 0.717) is 6.04 Å². The molecule has 3 heteroatoms. The summed E-state index contributed by atoms with van der Waals surface area (Å²) in [4.78, 5) is 5.29. The average molecular weight is 275 g/mol. The third-order valence-electron chi connectivity index (χ3n) is 5.76. The molecule has 3 fully saturated rings. The normalized spacial score (nSPS) is 36.7. The van der Waals surface area contributed by atoms with E-state index in [1.54, 1.807) is 0 Å². The minimum Gasteiger partial charge on any atom is -0.301 e. The van der Waals surface area contributed by atoms with Gasteiger partial charge in [0.05, 0.1) is 12.0 Å². The van der Waals surface area contributed by atoms with Gasteiger partial charge in [0.25, 0.3) is 0 Å². The largest absolute Gasteiger partial charge is 0.301 e. The van der Waals surface area contributed by atoms with E-state index in [1.165, 1.54) is 64.8 Å². The van der Waals surface area contributed by atoms with Crippen molar-refractivity contribution in [1.82, 2.24) is 9.80 Å². The molecule has 3 atom stereocenters. The molecule has 0 bridgehead atoms. The Labute approximate surface area is 123 Å². The lowest BCUT2D eigenvalue weighted by Crippen LogP contribution is -2.53. The summed E-state index contributed by atoms with van der Waals surface area (Å²) in [7, 11) is 0. The zero-order valence-electron chi connectivity index (χ0n) is 12.9. The van der Waals surface area contributed by atoms with Crippen molar-refractivity contribution < 1.29 is 0 Å². The standard InChI is InChI=1S/C17H29N3/c1-2-14-5-6-16(12-18)17(11-14)20-9-7-19(8-10-20)13-15-3-4-15/h14-17H,2-11,13H2,1H3. The molecule has 1 heterocycles. The van der Waals surface area contributed by atoms with Crippen molar-refractivity contribution in [2.24, 2.45) is 17.8 Å². The molecule has 0 aromatic heterocycles. The Morgan fingerprint density at radius 1 is 1.00 bits per heavy atom. The van der Waals surface area contributed by atoms with Crippen LogP contribution >= 0.6 is 0 Å². The van der Waals surface area contributed by atoms with Gasteiger partial charge in [0.1, 0.15) is 0 Å². The molecule has 2 aliphatic carbocycles. The maximum atomic E-state index is 9.44. The van der Waals surface area contributed by atoms with E-state index >= 15 is 0 Å². The molecule has 0 amide bonds. The van der Waals surface area contributed by atoms with Crippen LogP contribution in [0.5, 0.6) is 0 Å². The Morgan fingerprint density at radius 3 is 2.30 bits per heavy atom. The lowest BCUT2D eigenvalue weighted by molar-refractivity contribution is 0.0473. The molecule has 1 saturated heterocycles. The average Bonchev–Trinajstić information content (AvgIpc) is 3.31. The first kappa shape index (κ1) is 14.4. The lowest BCUT2D eigenvalue weighted by Gasteiger charge is -2.44. The summed E-state index contributed by atoms with van der Waals surface area (Å²) >= 11 is 0. The summed E-state index contributed by atoms with van der Waals surface area (Å²) in [6, 6.07) is 3.14. The quantitative estimate of drug-likeness (QED) is 0.790. The smallest absolute Gasteiger partial charge is 0.0672 e. The van der Waals surface area contributed by atoms with Crippen LogP contribution in [0.2, 0.25) is 0 Å². The molecule has 0 aromatic carbocycles. The van der Waals surface area contributed by atoms with Gasteiger partial charge >= 0.3 is 0 Å². The van der Waals surface area contributed by atoms with Crippen molar-refractivity contribution in [1.29, 1.82) is 5.26 Å². The molecule has 112 valence electrons. The van der Waals surface area contributed by atoms with Crippen molar-refractivity contribution in [2.45, 2.75) is 51.5 Å². The molecule has 0 spiro atoms. The minimum atomic E-state index is 0.285. The number of piperazine rings is 1. The second-order valence-electron chi connectivity index (χ2n) is 7.17. The highest BCUT2D eigenvalue weighted by atomic mass is 15.3. The molecule has 20 heavy (non-hydrogen) atoms. The first-order valence-electron chi connectivity index (χ1n) is 8.66. The van der Waals surface area contributed by atoms with E-state index in [2.05, 4.69) is 22.8 Å². The van der Waals surface area contributed by atoms with Gasteiger partial charge in [0, 0.05) is 38.8 Å². The Balaban J connectivity index is 1.53. The lowest BCUT2D eigenvalue weighted by atomic mass is 9.77. The van der Waals surface area contributed by atoms with Crippen LogP contribution in [0.25, 0.3) is 0 Å². The molecule has 0 aromatic rings. The summed E-state index contributed by atoms with van der Waals surface area (Å²) in [5, 5.41) is 9.44. The summed E-state index contributed by atoms with van der Waals surface area (Å²) in [5.41, 5.74) is 0. The van der Waals surface area contributed by atoms with Gasteiger partial charge in [-0.05, 0) is 43.9 Å². The van der Waals surface area contributed by atoms with Gasteiger partial charge in [-0.2, -0.15) is 5.26 Å². The van der Waals surface area contributed by atoms with Crippen LogP contribution in [0.15, 0.2) is 0 Å². The van der Waals surface area contributed by atoms with Crippen LogP contribution in [-0.4, -0.2) is 48.6 Å². The number of nitriles is 1. The van der Waals surface area contributed by atoms with Crippen molar-refractivity contribution in [3.63, 3.8) is 0 Å². The summed E-state index contributed by atoms with van der Waals surface area (Å²) in [6.45, 7) is 8.46. The number of nitrogens with zero attached hydrogens (tertiary/aromatic N) is 3. The van der Waals surface area contributed by atoms with Gasteiger partial charge in [0.2, 0.25) is 0 Å². The fourth-order valence-corrected chi connectivity index (χ4v) is 4.10. The maximum absolute atomic E-state index is 9.44. The summed E-state index contributed by atoms with van der Waals surface area (Å²) in [6.07, 6.45) is 7.86. The van der Waals surface area contributed by atoms with Crippen LogP contribution in [-0.2, 0) is 0 Å². The van der Waals surface area contributed by atoms with E-state index in [4.69, 9.17) is 0 Å². The second-order valence-corrected chi connectivity index (χ2v) is 7.17. The molecule has 3 nitrogen and oxygen atoms in total. The second kappa shape index (κ2) is 6.45. The van der Waals surface area contributed by atoms with Crippen LogP contribution in [0.1, 0.15) is 45.4 Å². The minimum absolute atomic E-state index is 0.285. The fraction of sp³-hybridized carbons (Fsp3) is 0.941. The Hall–Kier alpha value is -0.590. The predicted octanol–water partition coefficient (Wildman–Crippen LogP) is 2.73. The third-order valence-corrected chi connectivity index (χ3v) is 5.76. The maximum Gasteiger partial charge on any atom is 0.0672 e. The van der Waals surface area contributed by atoms with Gasteiger partial charge in [-0.25, -0.2) is 0 Å². The number of hydrogen-bond acceptors (Lipinski definition) is 3. The summed E-state index contributed by atoms with van der Waals surface area (Å²) in [5.74, 6) is 2.15. The zero-order valence-corrected chi connectivity index (χ0v) is 12.9. The molecule has 2 saturated carbocycles. The molecule has 3 aliphatic rings.